The number of hydrogen-bond acceptors (Lipinski definition) is 2. The maximum absolute atomic E-state index is 5.61. The first-order valence-electron chi connectivity index (χ1n) is 6.59. The van der Waals surface area contributed by atoms with Crippen LogP contribution in [0.3, 0.4) is 0 Å². The van der Waals surface area contributed by atoms with E-state index < -0.39 is 0 Å². The highest BCUT2D eigenvalue weighted by Crippen LogP contribution is 2.35. The average Bonchev–Trinajstić information content (AvgIpc) is 2.34. The molecule has 0 saturated heterocycles. The highest BCUT2D eigenvalue weighted by molar-refractivity contribution is 5.58. The Labute approximate surface area is 111 Å². The van der Waals surface area contributed by atoms with Gasteiger partial charge >= 0.3 is 0 Å². The van der Waals surface area contributed by atoms with Gasteiger partial charge in [0.05, 0.1) is 7.11 Å². The molecule has 0 unspecified atom stereocenters. The van der Waals surface area contributed by atoms with Crippen LogP contribution < -0.4 is 10.5 Å². The van der Waals surface area contributed by atoms with Crippen LogP contribution in [0, 0.1) is 0 Å². The van der Waals surface area contributed by atoms with Gasteiger partial charge < -0.3 is 10.5 Å². The van der Waals surface area contributed by atoms with Crippen molar-refractivity contribution in [1.29, 1.82) is 0 Å². The van der Waals surface area contributed by atoms with Gasteiger partial charge in [0.25, 0.3) is 0 Å². The molecule has 1 rings (SSSR count). The van der Waals surface area contributed by atoms with Crippen LogP contribution in [0.4, 0.5) is 0 Å². The molecule has 2 N–H and O–H groups in total. The van der Waals surface area contributed by atoms with Gasteiger partial charge in [0.2, 0.25) is 0 Å². The zero-order valence-electron chi connectivity index (χ0n) is 12.2. The van der Waals surface area contributed by atoms with Gasteiger partial charge in [-0.05, 0) is 40.7 Å². The van der Waals surface area contributed by atoms with E-state index in [2.05, 4.69) is 45.9 Å². The van der Waals surface area contributed by atoms with Crippen LogP contribution in [0.2, 0.25) is 0 Å². The molecule has 18 heavy (non-hydrogen) atoms. The predicted molar refractivity (Wildman–Crippen MR) is 79.3 cm³/mol. The van der Waals surface area contributed by atoms with E-state index in [1.165, 1.54) is 16.7 Å². The van der Waals surface area contributed by atoms with Gasteiger partial charge in [-0.1, -0.05) is 39.8 Å². The first-order chi connectivity index (χ1) is 8.51. The van der Waals surface area contributed by atoms with Crippen LogP contribution in [0.5, 0.6) is 5.75 Å². The van der Waals surface area contributed by atoms with Crippen molar-refractivity contribution in [2.45, 2.75) is 39.5 Å². The van der Waals surface area contributed by atoms with Gasteiger partial charge in [-0.3, -0.25) is 0 Å². The fourth-order valence-corrected chi connectivity index (χ4v) is 2.09. The van der Waals surface area contributed by atoms with Crippen molar-refractivity contribution < 1.29 is 4.74 Å². The van der Waals surface area contributed by atoms with E-state index in [9.17, 15) is 0 Å². The molecule has 0 atom stereocenters. The Kier molecular flexibility index (Phi) is 5.42. The highest BCUT2D eigenvalue weighted by atomic mass is 16.5. The van der Waals surface area contributed by atoms with Gasteiger partial charge in [-0.25, -0.2) is 0 Å². The molecule has 2 heteroatoms. The molecule has 1 aromatic rings. The average molecular weight is 247 g/mol. The molecule has 0 amide bonds. The molecule has 0 aliphatic carbocycles. The van der Waals surface area contributed by atoms with Crippen LogP contribution in [-0.2, 0) is 0 Å². The minimum absolute atomic E-state index is 0.448. The number of hydrogen-bond donors (Lipinski definition) is 1. The van der Waals surface area contributed by atoms with Crippen molar-refractivity contribution in [3.05, 3.63) is 34.9 Å². The largest absolute Gasteiger partial charge is 0.496 e. The molecule has 0 aromatic heterocycles. The molecular formula is C16H25NO. The second-order valence-corrected chi connectivity index (χ2v) is 5.18. The van der Waals surface area contributed by atoms with E-state index in [-0.39, 0.29) is 0 Å². The number of nitrogens with two attached hydrogens (primary N) is 1. The summed E-state index contributed by atoms with van der Waals surface area (Å²) >= 11 is 0. The van der Waals surface area contributed by atoms with Gasteiger partial charge in [0, 0.05) is 6.54 Å². The zero-order chi connectivity index (χ0) is 13.7. The van der Waals surface area contributed by atoms with Crippen LogP contribution >= 0.6 is 0 Å². The van der Waals surface area contributed by atoms with Crippen LogP contribution in [0.1, 0.15) is 56.2 Å². The molecule has 0 aliphatic rings. The van der Waals surface area contributed by atoms with Crippen molar-refractivity contribution in [3.63, 3.8) is 0 Å². The summed E-state index contributed by atoms with van der Waals surface area (Å²) in [6.07, 6.45) is 4.06. The van der Waals surface area contributed by atoms with Crippen molar-refractivity contribution >= 4 is 6.08 Å². The molecule has 0 radical (unpaired) electrons. The minimum atomic E-state index is 0.448. The maximum atomic E-state index is 5.61. The van der Waals surface area contributed by atoms with E-state index >= 15 is 0 Å². The van der Waals surface area contributed by atoms with Gasteiger partial charge in [0.1, 0.15) is 5.75 Å². The molecule has 100 valence electrons. The predicted octanol–water partition coefficient (Wildman–Crippen LogP) is 3.91. The Morgan fingerprint density at radius 3 is 1.94 bits per heavy atom. The first kappa shape index (κ1) is 14.8. The molecule has 0 spiro atoms. The van der Waals surface area contributed by atoms with Gasteiger partial charge in [-0.15, -0.1) is 0 Å². The minimum Gasteiger partial charge on any atom is -0.496 e. The van der Waals surface area contributed by atoms with E-state index in [4.69, 9.17) is 10.5 Å². The highest BCUT2D eigenvalue weighted by Gasteiger charge is 2.15. The van der Waals surface area contributed by atoms with Crippen molar-refractivity contribution in [2.75, 3.05) is 13.7 Å². The topological polar surface area (TPSA) is 35.2 Å². The molecule has 0 fully saturated rings. The lowest BCUT2D eigenvalue weighted by atomic mass is 9.91. The molecule has 0 saturated carbocycles. The number of rotatable bonds is 5. The van der Waals surface area contributed by atoms with E-state index in [1.54, 1.807) is 7.11 Å². The maximum Gasteiger partial charge on any atom is 0.125 e. The van der Waals surface area contributed by atoms with E-state index in [1.807, 2.05) is 6.08 Å². The van der Waals surface area contributed by atoms with Gasteiger partial charge in [-0.2, -0.15) is 0 Å². The normalized spacial score (nSPS) is 11.8. The molecule has 0 bridgehead atoms. The second-order valence-electron chi connectivity index (χ2n) is 5.18. The number of ether oxygens (including phenoxy) is 1. The molecular weight excluding hydrogens is 222 g/mol. The summed E-state index contributed by atoms with van der Waals surface area (Å²) in [5.74, 6) is 1.93. The van der Waals surface area contributed by atoms with E-state index in [0.29, 0.717) is 18.4 Å². The summed E-state index contributed by atoms with van der Waals surface area (Å²) in [6, 6.07) is 4.39. The van der Waals surface area contributed by atoms with Crippen LogP contribution in [0.25, 0.3) is 6.08 Å². The monoisotopic (exact) mass is 247 g/mol. The van der Waals surface area contributed by atoms with Crippen LogP contribution in [-0.4, -0.2) is 13.7 Å². The lowest BCUT2D eigenvalue weighted by Crippen LogP contribution is -2.02. The quantitative estimate of drug-likeness (QED) is 0.856. The fraction of sp³-hybridized carbons (Fsp3) is 0.500. The fourth-order valence-electron chi connectivity index (χ4n) is 2.09. The molecule has 0 aliphatic heterocycles. The van der Waals surface area contributed by atoms with E-state index in [0.717, 1.165) is 5.75 Å². The van der Waals surface area contributed by atoms with Gasteiger partial charge in [0.15, 0.2) is 0 Å². The lowest BCUT2D eigenvalue weighted by molar-refractivity contribution is 0.400. The molecule has 2 nitrogen and oxygen atoms in total. The SMILES string of the molecule is COc1c(C(C)C)cc(/C=C/CN)cc1C(C)C. The summed E-state index contributed by atoms with van der Waals surface area (Å²) in [6.45, 7) is 9.34. The summed E-state index contributed by atoms with van der Waals surface area (Å²) in [7, 11) is 1.75. The summed E-state index contributed by atoms with van der Waals surface area (Å²) in [5.41, 5.74) is 9.25. The Bertz CT molecular complexity index is 390. The number of benzene rings is 1. The molecule has 0 heterocycles. The lowest BCUT2D eigenvalue weighted by Gasteiger charge is -2.19. The number of methoxy groups -OCH3 is 1. The summed E-state index contributed by atoms with van der Waals surface area (Å²) in [4.78, 5) is 0. The Balaban J connectivity index is 3.38. The smallest absolute Gasteiger partial charge is 0.125 e. The van der Waals surface area contributed by atoms with Crippen molar-refractivity contribution in [3.8, 4) is 5.75 Å². The zero-order valence-corrected chi connectivity index (χ0v) is 12.2. The first-order valence-corrected chi connectivity index (χ1v) is 6.59. The third kappa shape index (κ3) is 3.36. The van der Waals surface area contributed by atoms with Crippen LogP contribution in [0.15, 0.2) is 18.2 Å². The summed E-state index contributed by atoms with van der Waals surface area (Å²) < 4.78 is 5.61. The Morgan fingerprint density at radius 2 is 1.61 bits per heavy atom. The Hall–Kier alpha value is -1.28. The standard InChI is InChI=1S/C16H25NO/c1-11(2)14-9-13(7-6-8-17)10-15(12(3)4)16(14)18-5/h6-7,9-12H,8,17H2,1-5H3/b7-6+. The summed E-state index contributed by atoms with van der Waals surface area (Å²) in [5, 5.41) is 0. The Morgan fingerprint density at radius 1 is 1.11 bits per heavy atom. The second kappa shape index (κ2) is 6.60. The van der Waals surface area contributed by atoms with Crippen molar-refractivity contribution in [1.82, 2.24) is 0 Å². The third-order valence-electron chi connectivity index (χ3n) is 3.06. The third-order valence-corrected chi connectivity index (χ3v) is 3.06. The van der Waals surface area contributed by atoms with Crippen molar-refractivity contribution in [2.24, 2.45) is 5.73 Å². The molecule has 1 aromatic carbocycles.